The molecule has 0 fully saturated rings. The van der Waals surface area contributed by atoms with Crippen molar-refractivity contribution in [1.29, 1.82) is 0 Å². The maximum Gasteiger partial charge on any atom is 0.261 e. The lowest BCUT2D eigenvalue weighted by molar-refractivity contribution is -0.141. The largest absolute Gasteiger partial charge is 0.354 e. The molecule has 0 aliphatic carbocycles. The second-order valence-electron chi connectivity index (χ2n) is 10.4. The van der Waals surface area contributed by atoms with E-state index >= 15 is 0 Å². The van der Waals surface area contributed by atoms with Crippen LogP contribution >= 0.6 is 11.6 Å². The van der Waals surface area contributed by atoms with Crippen LogP contribution in [0.3, 0.4) is 0 Å². The normalized spacial score (nSPS) is 13.3. The second kappa shape index (κ2) is 13.4. The number of amides is 4. The molecule has 1 N–H and O–H groups in total. The van der Waals surface area contributed by atoms with Crippen molar-refractivity contribution in [2.45, 2.75) is 45.7 Å². The molecular weight excluding hydrogens is 526 g/mol. The highest BCUT2D eigenvalue weighted by molar-refractivity contribution is 6.30. The molecule has 0 spiro atoms. The fourth-order valence-corrected chi connectivity index (χ4v) is 5.00. The average molecular weight is 560 g/mol. The summed E-state index contributed by atoms with van der Waals surface area (Å²) in [6.45, 7) is 4.83. The molecular formula is C32H34ClN3O4. The summed E-state index contributed by atoms with van der Waals surface area (Å²) in [6, 6.07) is 22.8. The van der Waals surface area contributed by atoms with Crippen LogP contribution in [-0.4, -0.2) is 52.6 Å². The Bertz CT molecular complexity index is 1340. The van der Waals surface area contributed by atoms with E-state index in [-0.39, 0.29) is 55.5 Å². The summed E-state index contributed by atoms with van der Waals surface area (Å²) < 4.78 is 0. The van der Waals surface area contributed by atoms with Crippen molar-refractivity contribution in [2.75, 3.05) is 13.1 Å². The lowest BCUT2D eigenvalue weighted by Gasteiger charge is -2.32. The second-order valence-corrected chi connectivity index (χ2v) is 10.8. The molecule has 4 amide bonds. The van der Waals surface area contributed by atoms with Crippen LogP contribution in [0.2, 0.25) is 5.02 Å². The van der Waals surface area contributed by atoms with E-state index in [0.29, 0.717) is 29.1 Å². The number of carbonyl (C=O) groups excluding carboxylic acids is 4. The number of rotatable bonds is 12. The number of hydrogen-bond acceptors (Lipinski definition) is 4. The SMILES string of the molecule is CC(C)CNC(=O)[C@@H](Cc1ccccc1)N(Cc1cccc(Cl)c1)C(=O)CCCN1C(=O)c2ccccc2C1=O. The zero-order valence-electron chi connectivity index (χ0n) is 22.8. The van der Waals surface area contributed by atoms with Crippen LogP contribution in [-0.2, 0) is 22.6 Å². The van der Waals surface area contributed by atoms with Gasteiger partial charge in [-0.25, -0.2) is 0 Å². The van der Waals surface area contributed by atoms with Crippen molar-refractivity contribution in [3.63, 3.8) is 0 Å². The van der Waals surface area contributed by atoms with Crippen LogP contribution in [0.15, 0.2) is 78.9 Å². The van der Waals surface area contributed by atoms with Gasteiger partial charge in [0.25, 0.3) is 11.8 Å². The van der Waals surface area contributed by atoms with Crippen LogP contribution in [0.4, 0.5) is 0 Å². The molecule has 3 aromatic carbocycles. The van der Waals surface area contributed by atoms with E-state index in [9.17, 15) is 19.2 Å². The van der Waals surface area contributed by atoms with Crippen molar-refractivity contribution in [3.8, 4) is 0 Å². The Morgan fingerprint density at radius 3 is 2.12 bits per heavy atom. The summed E-state index contributed by atoms with van der Waals surface area (Å²) in [6.07, 6.45) is 0.689. The minimum Gasteiger partial charge on any atom is -0.354 e. The zero-order valence-corrected chi connectivity index (χ0v) is 23.6. The third kappa shape index (κ3) is 7.16. The van der Waals surface area contributed by atoms with Gasteiger partial charge in [0, 0.05) is 37.5 Å². The highest BCUT2D eigenvalue weighted by Gasteiger charge is 2.35. The van der Waals surface area contributed by atoms with Gasteiger partial charge in [0.2, 0.25) is 11.8 Å². The number of fused-ring (bicyclic) bond motifs is 1. The van der Waals surface area contributed by atoms with Gasteiger partial charge < -0.3 is 10.2 Å². The van der Waals surface area contributed by atoms with Crippen molar-refractivity contribution < 1.29 is 19.2 Å². The molecule has 40 heavy (non-hydrogen) atoms. The molecule has 3 aromatic rings. The molecule has 0 radical (unpaired) electrons. The van der Waals surface area contributed by atoms with E-state index in [1.54, 1.807) is 41.3 Å². The monoisotopic (exact) mass is 559 g/mol. The number of benzene rings is 3. The summed E-state index contributed by atoms with van der Waals surface area (Å²) in [4.78, 5) is 55.6. The van der Waals surface area contributed by atoms with Crippen LogP contribution < -0.4 is 5.32 Å². The molecule has 0 aromatic heterocycles. The molecule has 1 aliphatic rings. The fraction of sp³-hybridized carbons (Fsp3) is 0.312. The molecule has 1 aliphatic heterocycles. The minimum atomic E-state index is -0.757. The molecule has 0 saturated heterocycles. The Balaban J connectivity index is 1.54. The van der Waals surface area contributed by atoms with Gasteiger partial charge in [-0.3, -0.25) is 24.1 Å². The first-order chi connectivity index (χ1) is 19.2. The van der Waals surface area contributed by atoms with Gasteiger partial charge in [0.15, 0.2) is 0 Å². The topological polar surface area (TPSA) is 86.8 Å². The number of nitrogens with one attached hydrogen (secondary N) is 1. The molecule has 0 saturated carbocycles. The lowest BCUT2D eigenvalue weighted by Crippen LogP contribution is -2.51. The van der Waals surface area contributed by atoms with Gasteiger partial charge in [-0.15, -0.1) is 0 Å². The highest BCUT2D eigenvalue weighted by atomic mass is 35.5. The Morgan fingerprint density at radius 2 is 1.50 bits per heavy atom. The van der Waals surface area contributed by atoms with E-state index in [1.165, 1.54) is 4.90 Å². The summed E-state index contributed by atoms with van der Waals surface area (Å²) >= 11 is 6.23. The van der Waals surface area contributed by atoms with Crippen molar-refractivity contribution >= 4 is 35.2 Å². The molecule has 1 atom stereocenters. The molecule has 208 valence electrons. The number of imide groups is 1. The van der Waals surface area contributed by atoms with Gasteiger partial charge in [0.05, 0.1) is 11.1 Å². The molecule has 1 heterocycles. The summed E-state index contributed by atoms with van der Waals surface area (Å²) in [5.41, 5.74) is 2.50. The van der Waals surface area contributed by atoms with E-state index in [0.717, 1.165) is 11.1 Å². The first-order valence-corrected chi connectivity index (χ1v) is 13.9. The standard InChI is InChI=1S/C32H34ClN3O4/c1-22(2)20-34-30(38)28(19-23-10-4-3-5-11-23)36(21-24-12-8-13-25(33)18-24)29(37)16-9-17-35-31(39)26-14-6-7-15-27(26)32(35)40/h3-8,10-15,18,22,28H,9,16-17,19-21H2,1-2H3,(H,34,38)/t28-/m1/s1. The van der Waals surface area contributed by atoms with E-state index < -0.39 is 6.04 Å². The van der Waals surface area contributed by atoms with Crippen molar-refractivity contribution in [1.82, 2.24) is 15.1 Å². The third-order valence-electron chi connectivity index (χ3n) is 6.85. The van der Waals surface area contributed by atoms with Gasteiger partial charge in [-0.05, 0) is 47.7 Å². The average Bonchev–Trinajstić information content (AvgIpc) is 3.19. The van der Waals surface area contributed by atoms with Gasteiger partial charge in [-0.1, -0.05) is 80.0 Å². The van der Waals surface area contributed by atoms with Gasteiger partial charge in [0.1, 0.15) is 6.04 Å². The Morgan fingerprint density at radius 1 is 0.875 bits per heavy atom. The Labute approximate surface area is 240 Å². The predicted octanol–water partition coefficient (Wildman–Crippen LogP) is 5.13. The quantitative estimate of drug-likeness (QED) is 0.312. The smallest absolute Gasteiger partial charge is 0.261 e. The van der Waals surface area contributed by atoms with E-state index in [1.807, 2.05) is 56.3 Å². The molecule has 0 unspecified atom stereocenters. The first kappa shape index (κ1) is 29.0. The molecule has 4 rings (SSSR count). The molecule has 0 bridgehead atoms. The van der Waals surface area contributed by atoms with E-state index in [4.69, 9.17) is 11.6 Å². The molecule has 8 heteroatoms. The first-order valence-electron chi connectivity index (χ1n) is 13.6. The van der Waals surface area contributed by atoms with Crippen LogP contribution in [0.5, 0.6) is 0 Å². The highest BCUT2D eigenvalue weighted by Crippen LogP contribution is 2.23. The fourth-order valence-electron chi connectivity index (χ4n) is 4.78. The van der Waals surface area contributed by atoms with Crippen molar-refractivity contribution in [3.05, 3.63) is 106 Å². The van der Waals surface area contributed by atoms with Gasteiger partial charge >= 0.3 is 0 Å². The van der Waals surface area contributed by atoms with E-state index in [2.05, 4.69) is 5.32 Å². The maximum atomic E-state index is 13.8. The number of nitrogens with zero attached hydrogens (tertiary/aromatic N) is 2. The van der Waals surface area contributed by atoms with Crippen LogP contribution in [0.1, 0.15) is 58.5 Å². The minimum absolute atomic E-state index is 0.0662. The Hall–Kier alpha value is -3.97. The Kier molecular flexibility index (Phi) is 9.72. The zero-order chi connectivity index (χ0) is 28.6. The third-order valence-corrected chi connectivity index (χ3v) is 7.08. The molecule has 7 nitrogen and oxygen atoms in total. The summed E-state index contributed by atoms with van der Waals surface area (Å²) in [5, 5.41) is 3.54. The van der Waals surface area contributed by atoms with Gasteiger partial charge in [-0.2, -0.15) is 0 Å². The van der Waals surface area contributed by atoms with Crippen LogP contribution in [0.25, 0.3) is 0 Å². The number of halogens is 1. The van der Waals surface area contributed by atoms with Crippen molar-refractivity contribution in [2.24, 2.45) is 5.92 Å². The van der Waals surface area contributed by atoms with Crippen LogP contribution in [0, 0.1) is 5.92 Å². The number of carbonyl (C=O) groups is 4. The lowest BCUT2D eigenvalue weighted by atomic mass is 10.0. The number of hydrogen-bond donors (Lipinski definition) is 1. The summed E-state index contributed by atoms with van der Waals surface area (Å²) in [7, 11) is 0. The predicted molar refractivity (Wildman–Crippen MR) is 155 cm³/mol. The maximum absolute atomic E-state index is 13.8. The summed E-state index contributed by atoms with van der Waals surface area (Å²) in [5.74, 6) is -0.916.